The minimum absolute atomic E-state index is 0.0709. The predicted molar refractivity (Wildman–Crippen MR) is 62.1 cm³/mol. The summed E-state index contributed by atoms with van der Waals surface area (Å²) in [7, 11) is 0. The fourth-order valence-electron chi connectivity index (χ4n) is 1.10. The van der Waals surface area contributed by atoms with Gasteiger partial charge in [-0.1, -0.05) is 15.9 Å². The molecule has 0 aliphatic rings. The first kappa shape index (κ1) is 12.0. The first-order valence-electron chi connectivity index (χ1n) is 4.05. The molecule has 0 fully saturated rings. The van der Waals surface area contributed by atoms with E-state index in [-0.39, 0.29) is 5.75 Å². The van der Waals surface area contributed by atoms with Crippen molar-refractivity contribution in [3.8, 4) is 5.75 Å². The van der Waals surface area contributed by atoms with E-state index in [2.05, 4.69) is 31.9 Å². The Hall–Kier alpha value is -0.100. The van der Waals surface area contributed by atoms with Gasteiger partial charge in [0.15, 0.2) is 0 Å². The van der Waals surface area contributed by atoms with Crippen LogP contribution in [0, 0.1) is 0 Å². The van der Waals surface area contributed by atoms with E-state index in [9.17, 15) is 10.2 Å². The van der Waals surface area contributed by atoms with Crippen molar-refractivity contribution in [2.75, 3.05) is 0 Å². The maximum Gasteiger partial charge on any atom is 0.134 e. The van der Waals surface area contributed by atoms with Gasteiger partial charge in [0, 0.05) is 10.0 Å². The molecule has 0 aliphatic carbocycles. The molecule has 1 aromatic carbocycles. The van der Waals surface area contributed by atoms with Crippen molar-refractivity contribution in [2.24, 2.45) is 5.73 Å². The second kappa shape index (κ2) is 4.61. The van der Waals surface area contributed by atoms with E-state index in [0.29, 0.717) is 10.0 Å². The first-order valence-corrected chi connectivity index (χ1v) is 5.63. The summed E-state index contributed by atoms with van der Waals surface area (Å²) in [5, 5.41) is 19.0. The number of benzene rings is 1. The Balaban J connectivity index is 3.20. The molecule has 0 heterocycles. The highest BCUT2D eigenvalue weighted by molar-refractivity contribution is 9.11. The van der Waals surface area contributed by atoms with Gasteiger partial charge in [-0.05, 0) is 35.0 Å². The highest BCUT2D eigenvalue weighted by Gasteiger charge is 2.18. The molecule has 1 aromatic rings. The second-order valence-electron chi connectivity index (χ2n) is 3.09. The van der Waals surface area contributed by atoms with Gasteiger partial charge in [-0.3, -0.25) is 0 Å². The number of halogens is 2. The SMILES string of the molecule is CC(O)[C@H](N)c1cc(Br)cc(Br)c1O. The van der Waals surface area contributed by atoms with Crippen LogP contribution in [0.1, 0.15) is 18.5 Å². The average Bonchev–Trinajstić information content (AvgIpc) is 2.09. The van der Waals surface area contributed by atoms with Gasteiger partial charge in [-0.15, -0.1) is 0 Å². The van der Waals surface area contributed by atoms with E-state index in [0.717, 1.165) is 4.47 Å². The number of rotatable bonds is 2. The molecular formula is C9H11Br2NO2. The molecule has 0 amide bonds. The van der Waals surface area contributed by atoms with E-state index in [4.69, 9.17) is 5.73 Å². The molecule has 4 N–H and O–H groups in total. The topological polar surface area (TPSA) is 66.5 Å². The van der Waals surface area contributed by atoms with Gasteiger partial charge in [-0.2, -0.15) is 0 Å². The zero-order valence-electron chi connectivity index (χ0n) is 7.54. The highest BCUT2D eigenvalue weighted by Crippen LogP contribution is 2.35. The summed E-state index contributed by atoms with van der Waals surface area (Å²) < 4.78 is 1.35. The fourth-order valence-corrected chi connectivity index (χ4v) is 2.36. The summed E-state index contributed by atoms with van der Waals surface area (Å²) in [6.45, 7) is 1.58. The third kappa shape index (κ3) is 2.48. The lowest BCUT2D eigenvalue weighted by Crippen LogP contribution is -2.23. The molecule has 2 atom stereocenters. The molecule has 0 radical (unpaired) electrons. The largest absolute Gasteiger partial charge is 0.506 e. The smallest absolute Gasteiger partial charge is 0.134 e. The third-order valence-corrected chi connectivity index (χ3v) is 3.00. The monoisotopic (exact) mass is 323 g/mol. The molecule has 3 nitrogen and oxygen atoms in total. The normalized spacial score (nSPS) is 15.2. The van der Waals surface area contributed by atoms with Gasteiger partial charge in [0.1, 0.15) is 5.75 Å². The Morgan fingerprint density at radius 1 is 1.36 bits per heavy atom. The maximum absolute atomic E-state index is 9.68. The van der Waals surface area contributed by atoms with Gasteiger partial charge in [0.05, 0.1) is 16.6 Å². The average molecular weight is 325 g/mol. The molecule has 1 rings (SSSR count). The third-order valence-electron chi connectivity index (χ3n) is 1.94. The molecule has 5 heteroatoms. The molecule has 0 aromatic heterocycles. The predicted octanol–water partition coefficient (Wildman–Crippen LogP) is 2.30. The molecule has 0 aliphatic heterocycles. The molecule has 1 unspecified atom stereocenters. The van der Waals surface area contributed by atoms with Crippen LogP contribution >= 0.6 is 31.9 Å². The van der Waals surface area contributed by atoms with E-state index in [1.165, 1.54) is 0 Å². The second-order valence-corrected chi connectivity index (χ2v) is 4.86. The number of aliphatic hydroxyl groups excluding tert-OH is 1. The van der Waals surface area contributed by atoms with Crippen molar-refractivity contribution >= 4 is 31.9 Å². The molecule has 0 spiro atoms. The number of hydrogen-bond acceptors (Lipinski definition) is 3. The number of hydrogen-bond donors (Lipinski definition) is 3. The van der Waals surface area contributed by atoms with E-state index < -0.39 is 12.1 Å². The molecule has 0 saturated heterocycles. The Bertz CT molecular complexity index is 342. The molecule has 0 saturated carbocycles. The number of phenols is 1. The Morgan fingerprint density at radius 3 is 2.43 bits per heavy atom. The molecule has 0 bridgehead atoms. The summed E-state index contributed by atoms with van der Waals surface area (Å²) in [5.41, 5.74) is 6.24. The first-order chi connectivity index (χ1) is 6.43. The van der Waals surface area contributed by atoms with Crippen LogP contribution in [-0.2, 0) is 0 Å². The number of phenolic OH excluding ortho intramolecular Hbond substituents is 1. The summed E-state index contributed by atoms with van der Waals surface area (Å²) in [6, 6.07) is 2.81. The van der Waals surface area contributed by atoms with Crippen molar-refractivity contribution in [1.29, 1.82) is 0 Å². The summed E-state index contributed by atoms with van der Waals surface area (Å²) in [5.74, 6) is 0.0709. The van der Waals surface area contributed by atoms with Gasteiger partial charge < -0.3 is 15.9 Å². The Morgan fingerprint density at radius 2 is 1.93 bits per heavy atom. The van der Waals surface area contributed by atoms with Crippen LogP contribution in [0.4, 0.5) is 0 Å². The molecule has 78 valence electrons. The summed E-state index contributed by atoms with van der Waals surface area (Å²) >= 11 is 6.48. The zero-order chi connectivity index (χ0) is 10.9. The van der Waals surface area contributed by atoms with Crippen LogP contribution in [0.15, 0.2) is 21.1 Å². The minimum Gasteiger partial charge on any atom is -0.506 e. The van der Waals surface area contributed by atoms with Crippen LogP contribution < -0.4 is 5.73 Å². The lowest BCUT2D eigenvalue weighted by atomic mass is 10.0. The van der Waals surface area contributed by atoms with Gasteiger partial charge in [0.2, 0.25) is 0 Å². The maximum atomic E-state index is 9.68. The van der Waals surface area contributed by atoms with Crippen LogP contribution in [-0.4, -0.2) is 16.3 Å². The zero-order valence-corrected chi connectivity index (χ0v) is 10.7. The Kier molecular flexibility index (Phi) is 3.94. The Labute approximate surface area is 99.2 Å². The van der Waals surface area contributed by atoms with Crippen molar-refractivity contribution in [1.82, 2.24) is 0 Å². The molecule has 14 heavy (non-hydrogen) atoms. The molecular weight excluding hydrogens is 314 g/mol. The van der Waals surface area contributed by atoms with E-state index >= 15 is 0 Å². The number of aliphatic hydroxyl groups is 1. The van der Waals surface area contributed by atoms with E-state index in [1.54, 1.807) is 19.1 Å². The summed E-state index contributed by atoms with van der Waals surface area (Å²) in [6.07, 6.45) is -0.706. The van der Waals surface area contributed by atoms with Crippen LogP contribution in [0.5, 0.6) is 5.75 Å². The van der Waals surface area contributed by atoms with E-state index in [1.807, 2.05) is 0 Å². The lowest BCUT2D eigenvalue weighted by Gasteiger charge is -2.17. The van der Waals surface area contributed by atoms with Crippen molar-refractivity contribution in [2.45, 2.75) is 19.1 Å². The van der Waals surface area contributed by atoms with Crippen molar-refractivity contribution in [3.63, 3.8) is 0 Å². The fraction of sp³-hybridized carbons (Fsp3) is 0.333. The van der Waals surface area contributed by atoms with Crippen molar-refractivity contribution in [3.05, 3.63) is 26.6 Å². The minimum atomic E-state index is -0.706. The quantitative estimate of drug-likeness (QED) is 0.782. The van der Waals surface area contributed by atoms with Gasteiger partial charge in [-0.25, -0.2) is 0 Å². The summed E-state index contributed by atoms with van der Waals surface area (Å²) in [4.78, 5) is 0. The number of aromatic hydroxyl groups is 1. The van der Waals surface area contributed by atoms with Gasteiger partial charge in [0.25, 0.3) is 0 Å². The van der Waals surface area contributed by atoms with Crippen LogP contribution in [0.3, 0.4) is 0 Å². The van der Waals surface area contributed by atoms with Crippen molar-refractivity contribution < 1.29 is 10.2 Å². The highest BCUT2D eigenvalue weighted by atomic mass is 79.9. The van der Waals surface area contributed by atoms with Gasteiger partial charge >= 0.3 is 0 Å². The number of nitrogens with two attached hydrogens (primary N) is 1. The lowest BCUT2D eigenvalue weighted by molar-refractivity contribution is 0.162. The van der Waals surface area contributed by atoms with Crippen LogP contribution in [0.2, 0.25) is 0 Å². The van der Waals surface area contributed by atoms with Crippen LogP contribution in [0.25, 0.3) is 0 Å². The standard InChI is InChI=1S/C9H11Br2NO2/c1-4(13)8(12)6-2-5(10)3-7(11)9(6)14/h2-4,8,13-14H,12H2,1H3/t4?,8-/m0/s1.